The molecule has 0 fully saturated rings. The molecular weight excluding hydrogens is 438 g/mol. The highest BCUT2D eigenvalue weighted by Gasteiger charge is 2.18. The summed E-state index contributed by atoms with van der Waals surface area (Å²) < 4.78 is 8.59. The van der Waals surface area contributed by atoms with Crippen molar-refractivity contribution in [2.45, 2.75) is 19.0 Å². The van der Waals surface area contributed by atoms with Crippen molar-refractivity contribution in [3.63, 3.8) is 0 Å². The van der Waals surface area contributed by atoms with Crippen molar-refractivity contribution in [2.24, 2.45) is 0 Å². The van der Waals surface area contributed by atoms with Crippen LogP contribution in [-0.4, -0.2) is 42.3 Å². The normalized spacial score (nSPS) is 11.3. The van der Waals surface area contributed by atoms with Gasteiger partial charge in [0.2, 0.25) is 5.65 Å². The van der Waals surface area contributed by atoms with Gasteiger partial charge < -0.3 is 9.72 Å². The van der Waals surface area contributed by atoms with E-state index in [1.54, 1.807) is 16.8 Å². The largest absolute Gasteiger partial charge is 0.494 e. The molecule has 1 N–H and O–H groups in total. The van der Waals surface area contributed by atoms with E-state index in [0.29, 0.717) is 23.0 Å². The molecule has 0 unspecified atom stereocenters. The molecule has 0 amide bonds. The van der Waals surface area contributed by atoms with E-state index in [1.807, 2.05) is 62.4 Å². The van der Waals surface area contributed by atoms with Crippen molar-refractivity contribution in [3.05, 3.63) is 82.5 Å². The molecule has 3 heterocycles. The number of nitrogens with zero attached hydrogens (tertiary/aromatic N) is 4. The van der Waals surface area contributed by atoms with Gasteiger partial charge in [-0.05, 0) is 44.2 Å². The van der Waals surface area contributed by atoms with Crippen LogP contribution in [0.2, 0.25) is 0 Å². The maximum Gasteiger partial charge on any atom is 0.300 e. The van der Waals surface area contributed by atoms with Crippen LogP contribution in [0.25, 0.3) is 22.2 Å². The molecule has 0 saturated carbocycles. The number of aryl methyl sites for hydroxylation is 1. The Morgan fingerprint density at radius 3 is 2.67 bits per heavy atom. The van der Waals surface area contributed by atoms with E-state index in [9.17, 15) is 9.59 Å². The Hall–Kier alpha value is -3.85. The maximum atomic E-state index is 13.0. The molecule has 33 heavy (non-hydrogen) atoms. The summed E-state index contributed by atoms with van der Waals surface area (Å²) in [6.07, 6.45) is 3.40. The number of ether oxygens (including phenoxy) is 1. The number of fused-ring (bicyclic) bond motifs is 2. The van der Waals surface area contributed by atoms with E-state index in [2.05, 4.69) is 15.2 Å². The van der Waals surface area contributed by atoms with E-state index in [1.165, 1.54) is 16.3 Å². The standard InChI is InChI=1S/C24H21N5O3S/c1-3-32-17-10-8-16(9-11-17)28-12-13-29-22(23(28)31)26-27-24(29)33-14-20(30)21-15(2)25-19-7-5-4-6-18(19)21/h4-13,25H,3,14H2,1-2H3. The zero-order chi connectivity index (χ0) is 22.9. The van der Waals surface area contributed by atoms with Gasteiger partial charge in [-0.15, -0.1) is 10.2 Å². The number of rotatable bonds is 7. The lowest BCUT2D eigenvalue weighted by atomic mass is 10.1. The molecule has 0 aliphatic heterocycles. The van der Waals surface area contributed by atoms with Gasteiger partial charge in [0.15, 0.2) is 10.9 Å². The van der Waals surface area contributed by atoms with Crippen LogP contribution in [0.1, 0.15) is 23.0 Å². The maximum absolute atomic E-state index is 13.0. The first-order valence-electron chi connectivity index (χ1n) is 10.5. The number of benzene rings is 2. The third-order valence-corrected chi connectivity index (χ3v) is 6.31. The van der Waals surface area contributed by atoms with Crippen molar-refractivity contribution < 1.29 is 9.53 Å². The highest BCUT2D eigenvalue weighted by Crippen LogP contribution is 2.25. The van der Waals surface area contributed by atoms with Crippen molar-refractivity contribution in [1.29, 1.82) is 0 Å². The fraction of sp³-hybridized carbons (Fsp3) is 0.167. The molecular formula is C24H21N5O3S. The van der Waals surface area contributed by atoms with Gasteiger partial charge in [-0.3, -0.25) is 18.6 Å². The van der Waals surface area contributed by atoms with Gasteiger partial charge in [0.1, 0.15) is 5.75 Å². The van der Waals surface area contributed by atoms with Gasteiger partial charge in [-0.1, -0.05) is 30.0 Å². The summed E-state index contributed by atoms with van der Waals surface area (Å²) in [6, 6.07) is 15.0. The molecule has 0 radical (unpaired) electrons. The van der Waals surface area contributed by atoms with Crippen LogP contribution in [0, 0.1) is 6.92 Å². The van der Waals surface area contributed by atoms with E-state index >= 15 is 0 Å². The predicted octanol–water partition coefficient (Wildman–Crippen LogP) is 4.04. The summed E-state index contributed by atoms with van der Waals surface area (Å²) in [4.78, 5) is 29.2. The molecule has 0 aliphatic rings. The van der Waals surface area contributed by atoms with Gasteiger partial charge >= 0.3 is 5.56 Å². The number of Topliss-reactive ketones (excluding diaryl/α,β-unsaturated/α-hetero) is 1. The van der Waals surface area contributed by atoms with Gasteiger partial charge in [-0.25, -0.2) is 0 Å². The number of carbonyl (C=O) groups excluding carboxylic acids is 1. The highest BCUT2D eigenvalue weighted by atomic mass is 32.2. The van der Waals surface area contributed by atoms with E-state index in [-0.39, 0.29) is 22.7 Å². The second-order valence-electron chi connectivity index (χ2n) is 7.46. The summed E-state index contributed by atoms with van der Waals surface area (Å²) in [5.74, 6) is 0.923. The van der Waals surface area contributed by atoms with Crippen LogP contribution >= 0.6 is 11.8 Å². The summed E-state index contributed by atoms with van der Waals surface area (Å²) >= 11 is 1.26. The molecule has 0 aliphatic carbocycles. The van der Waals surface area contributed by atoms with Gasteiger partial charge in [-0.2, -0.15) is 0 Å². The molecule has 166 valence electrons. The fourth-order valence-corrected chi connectivity index (χ4v) is 4.67. The first-order chi connectivity index (χ1) is 16.1. The van der Waals surface area contributed by atoms with Crippen LogP contribution in [0.5, 0.6) is 5.75 Å². The Labute approximate surface area is 193 Å². The van der Waals surface area contributed by atoms with E-state index < -0.39 is 0 Å². The third kappa shape index (κ3) is 3.80. The molecule has 3 aromatic heterocycles. The molecule has 8 nitrogen and oxygen atoms in total. The number of H-pyrrole nitrogens is 1. The van der Waals surface area contributed by atoms with E-state index in [4.69, 9.17) is 4.74 Å². The molecule has 2 aromatic carbocycles. The van der Waals surface area contributed by atoms with Crippen molar-refractivity contribution in [3.8, 4) is 11.4 Å². The van der Waals surface area contributed by atoms with Crippen LogP contribution in [0.4, 0.5) is 0 Å². The number of ketones is 1. The Kier molecular flexibility index (Phi) is 5.47. The molecule has 0 bridgehead atoms. The number of aromatic amines is 1. The average molecular weight is 460 g/mol. The Bertz CT molecular complexity index is 1530. The molecule has 9 heteroatoms. The Balaban J connectivity index is 1.40. The molecule has 0 atom stereocenters. The number of aromatic nitrogens is 5. The minimum atomic E-state index is -0.292. The number of thioether (sulfide) groups is 1. The summed E-state index contributed by atoms with van der Waals surface area (Å²) in [5, 5.41) is 9.63. The minimum absolute atomic E-state index is 0.00516. The van der Waals surface area contributed by atoms with Crippen LogP contribution in [0.15, 0.2) is 70.9 Å². The van der Waals surface area contributed by atoms with Crippen LogP contribution in [-0.2, 0) is 0 Å². The molecule has 5 rings (SSSR count). The number of nitrogens with one attached hydrogen (secondary N) is 1. The molecule has 5 aromatic rings. The topological polar surface area (TPSA) is 94.3 Å². The number of hydrogen-bond acceptors (Lipinski definition) is 6. The highest BCUT2D eigenvalue weighted by molar-refractivity contribution is 7.99. The number of hydrogen-bond donors (Lipinski definition) is 1. The summed E-state index contributed by atoms with van der Waals surface area (Å²) in [6.45, 7) is 4.39. The zero-order valence-corrected chi connectivity index (χ0v) is 18.9. The lowest BCUT2D eigenvalue weighted by Gasteiger charge is -2.08. The monoisotopic (exact) mass is 459 g/mol. The van der Waals surface area contributed by atoms with E-state index in [0.717, 1.165) is 22.3 Å². The summed E-state index contributed by atoms with van der Waals surface area (Å²) in [7, 11) is 0. The minimum Gasteiger partial charge on any atom is -0.494 e. The first kappa shape index (κ1) is 21.0. The second-order valence-corrected chi connectivity index (χ2v) is 8.40. The number of carbonyl (C=O) groups is 1. The summed E-state index contributed by atoms with van der Waals surface area (Å²) in [5.41, 5.74) is 3.07. The SMILES string of the molecule is CCOc1ccc(-n2ccn3c(SCC(=O)c4c(C)[nH]c5ccccc45)nnc3c2=O)cc1. The van der Waals surface area contributed by atoms with Gasteiger partial charge in [0.25, 0.3) is 0 Å². The average Bonchev–Trinajstić information content (AvgIpc) is 3.39. The van der Waals surface area contributed by atoms with Crippen molar-refractivity contribution in [2.75, 3.05) is 12.4 Å². The first-order valence-corrected chi connectivity index (χ1v) is 11.5. The van der Waals surface area contributed by atoms with Crippen LogP contribution in [0.3, 0.4) is 0 Å². The van der Waals surface area contributed by atoms with Crippen LogP contribution < -0.4 is 10.3 Å². The lowest BCUT2D eigenvalue weighted by Crippen LogP contribution is -2.20. The zero-order valence-electron chi connectivity index (χ0n) is 18.1. The smallest absolute Gasteiger partial charge is 0.300 e. The number of para-hydroxylation sites is 1. The van der Waals surface area contributed by atoms with Crippen molar-refractivity contribution >= 4 is 34.1 Å². The Morgan fingerprint density at radius 1 is 1.09 bits per heavy atom. The lowest BCUT2D eigenvalue weighted by molar-refractivity contribution is 0.102. The molecule has 0 saturated heterocycles. The van der Waals surface area contributed by atoms with Gasteiger partial charge in [0.05, 0.1) is 12.4 Å². The predicted molar refractivity (Wildman–Crippen MR) is 128 cm³/mol. The van der Waals surface area contributed by atoms with Gasteiger partial charge in [0, 0.05) is 40.2 Å². The fourth-order valence-electron chi connectivity index (χ4n) is 3.88. The molecule has 0 spiro atoms. The Morgan fingerprint density at radius 2 is 1.88 bits per heavy atom. The van der Waals surface area contributed by atoms with Crippen molar-refractivity contribution in [1.82, 2.24) is 24.1 Å². The third-order valence-electron chi connectivity index (χ3n) is 5.37. The quantitative estimate of drug-likeness (QED) is 0.292. The second kappa shape index (κ2) is 8.59.